The summed E-state index contributed by atoms with van der Waals surface area (Å²) < 4.78 is 28.3. The smallest absolute Gasteiger partial charge is 0.387 e. The van der Waals surface area contributed by atoms with Crippen LogP contribution in [0.5, 0.6) is 5.75 Å². The Morgan fingerprint density at radius 1 is 1.35 bits per heavy atom. The molecule has 1 aliphatic rings. The third kappa shape index (κ3) is 3.14. The van der Waals surface area contributed by atoms with Crippen molar-refractivity contribution in [2.45, 2.75) is 12.7 Å². The van der Waals surface area contributed by atoms with Gasteiger partial charge in [0.1, 0.15) is 5.75 Å². The first kappa shape index (κ1) is 12.3. The number of benzene rings is 1. The highest BCUT2D eigenvalue weighted by Crippen LogP contribution is 2.23. The molecular formula is C12H16F2N2O. The van der Waals surface area contributed by atoms with Crippen LogP contribution in [0.1, 0.15) is 11.6 Å². The number of hydrogen-bond donors (Lipinski definition) is 1. The summed E-state index contributed by atoms with van der Waals surface area (Å²) >= 11 is 0. The number of likely N-dealkylation sites (N-methyl/N-ethyl adjacent to an activating group) is 1. The van der Waals surface area contributed by atoms with E-state index < -0.39 is 6.61 Å². The van der Waals surface area contributed by atoms with Crippen LogP contribution >= 0.6 is 0 Å². The number of halogens is 2. The Morgan fingerprint density at radius 3 is 2.65 bits per heavy atom. The van der Waals surface area contributed by atoms with Gasteiger partial charge in [-0.15, -0.1) is 0 Å². The first-order valence-corrected chi connectivity index (χ1v) is 5.62. The van der Waals surface area contributed by atoms with E-state index in [0.29, 0.717) is 6.04 Å². The molecule has 0 aromatic heterocycles. The quantitative estimate of drug-likeness (QED) is 0.875. The fourth-order valence-electron chi connectivity index (χ4n) is 2.05. The van der Waals surface area contributed by atoms with E-state index in [2.05, 4.69) is 22.0 Å². The SMILES string of the molecule is CN1CCNCC1c1ccc(OC(F)F)cc1. The minimum Gasteiger partial charge on any atom is -0.435 e. The molecule has 1 saturated heterocycles. The molecule has 3 nitrogen and oxygen atoms in total. The Hall–Kier alpha value is -1.20. The Labute approximate surface area is 99.4 Å². The van der Waals surface area contributed by atoms with Crippen LogP contribution in [-0.4, -0.2) is 38.2 Å². The van der Waals surface area contributed by atoms with Gasteiger partial charge in [0.05, 0.1) is 0 Å². The molecule has 0 bridgehead atoms. The summed E-state index contributed by atoms with van der Waals surface area (Å²) in [5, 5.41) is 3.32. The Morgan fingerprint density at radius 2 is 2.06 bits per heavy atom. The van der Waals surface area contributed by atoms with Crippen LogP contribution in [0, 0.1) is 0 Å². The lowest BCUT2D eigenvalue weighted by molar-refractivity contribution is -0.0498. The topological polar surface area (TPSA) is 24.5 Å². The van der Waals surface area contributed by atoms with E-state index in [4.69, 9.17) is 0 Å². The third-order valence-corrected chi connectivity index (χ3v) is 3.00. The molecule has 17 heavy (non-hydrogen) atoms. The van der Waals surface area contributed by atoms with Crippen molar-refractivity contribution in [2.75, 3.05) is 26.7 Å². The van der Waals surface area contributed by atoms with Crippen molar-refractivity contribution in [3.8, 4) is 5.75 Å². The molecule has 0 spiro atoms. The summed E-state index contributed by atoms with van der Waals surface area (Å²) in [7, 11) is 2.06. The van der Waals surface area contributed by atoms with Crippen LogP contribution in [0.15, 0.2) is 24.3 Å². The van der Waals surface area contributed by atoms with Gasteiger partial charge in [-0.2, -0.15) is 8.78 Å². The molecule has 94 valence electrons. The highest BCUT2D eigenvalue weighted by molar-refractivity contribution is 5.29. The number of piperazine rings is 1. The number of alkyl halides is 2. The molecule has 1 fully saturated rings. The lowest BCUT2D eigenvalue weighted by atomic mass is 10.0. The molecule has 1 atom stereocenters. The molecule has 0 saturated carbocycles. The number of hydrogen-bond acceptors (Lipinski definition) is 3. The van der Waals surface area contributed by atoms with Crippen molar-refractivity contribution >= 4 is 0 Å². The largest absolute Gasteiger partial charge is 0.435 e. The molecule has 1 unspecified atom stereocenters. The third-order valence-electron chi connectivity index (χ3n) is 3.00. The summed E-state index contributed by atoms with van der Waals surface area (Å²) in [5.41, 5.74) is 1.11. The molecular weight excluding hydrogens is 226 g/mol. The predicted octanol–water partition coefficient (Wildman–Crippen LogP) is 1.86. The molecule has 0 radical (unpaired) electrons. The van der Waals surface area contributed by atoms with E-state index in [-0.39, 0.29) is 5.75 Å². The summed E-state index contributed by atoms with van der Waals surface area (Å²) in [6.45, 7) is 0.0883. The predicted molar refractivity (Wildman–Crippen MR) is 61.3 cm³/mol. The number of nitrogens with zero attached hydrogens (tertiary/aromatic N) is 1. The van der Waals surface area contributed by atoms with Crippen LogP contribution in [0.2, 0.25) is 0 Å². The minimum atomic E-state index is -2.76. The van der Waals surface area contributed by atoms with Gasteiger partial charge in [-0.05, 0) is 24.7 Å². The van der Waals surface area contributed by atoms with E-state index in [9.17, 15) is 8.78 Å². The second kappa shape index (κ2) is 5.42. The maximum Gasteiger partial charge on any atom is 0.387 e. The zero-order valence-corrected chi connectivity index (χ0v) is 9.70. The van der Waals surface area contributed by atoms with Crippen molar-refractivity contribution in [2.24, 2.45) is 0 Å². The van der Waals surface area contributed by atoms with Gasteiger partial charge in [0.2, 0.25) is 0 Å². The van der Waals surface area contributed by atoms with Crippen molar-refractivity contribution < 1.29 is 13.5 Å². The van der Waals surface area contributed by atoms with Crippen molar-refractivity contribution in [3.05, 3.63) is 29.8 Å². The van der Waals surface area contributed by atoms with Crippen molar-refractivity contribution in [1.29, 1.82) is 0 Å². The summed E-state index contributed by atoms with van der Waals surface area (Å²) in [4.78, 5) is 2.25. The fourth-order valence-corrected chi connectivity index (χ4v) is 2.05. The molecule has 2 rings (SSSR count). The highest BCUT2D eigenvalue weighted by atomic mass is 19.3. The highest BCUT2D eigenvalue weighted by Gasteiger charge is 2.20. The van der Waals surface area contributed by atoms with Gasteiger partial charge >= 0.3 is 6.61 Å². The van der Waals surface area contributed by atoms with Gasteiger partial charge in [0.25, 0.3) is 0 Å². The van der Waals surface area contributed by atoms with Gasteiger partial charge in [-0.3, -0.25) is 4.90 Å². The molecule has 5 heteroatoms. The van der Waals surface area contributed by atoms with Crippen LogP contribution in [0.4, 0.5) is 8.78 Å². The van der Waals surface area contributed by atoms with E-state index in [1.807, 2.05) is 12.1 Å². The first-order chi connectivity index (χ1) is 8.16. The molecule has 1 aromatic carbocycles. The minimum absolute atomic E-state index is 0.204. The van der Waals surface area contributed by atoms with Crippen LogP contribution in [0.25, 0.3) is 0 Å². The van der Waals surface area contributed by atoms with E-state index in [1.54, 1.807) is 12.1 Å². The Bertz CT molecular complexity index is 356. The molecule has 1 aliphatic heterocycles. The van der Waals surface area contributed by atoms with Crippen LogP contribution in [-0.2, 0) is 0 Å². The number of ether oxygens (including phenoxy) is 1. The zero-order chi connectivity index (χ0) is 12.3. The lowest BCUT2D eigenvalue weighted by Gasteiger charge is -2.33. The monoisotopic (exact) mass is 242 g/mol. The summed E-state index contributed by atoms with van der Waals surface area (Å²) in [5.74, 6) is 0.204. The van der Waals surface area contributed by atoms with Crippen molar-refractivity contribution in [3.63, 3.8) is 0 Å². The summed E-state index contributed by atoms with van der Waals surface area (Å²) in [6.07, 6.45) is 0. The summed E-state index contributed by atoms with van der Waals surface area (Å²) in [6, 6.07) is 7.15. The molecule has 1 aromatic rings. The number of nitrogens with one attached hydrogen (secondary N) is 1. The van der Waals surface area contributed by atoms with E-state index >= 15 is 0 Å². The Balaban J connectivity index is 2.06. The average Bonchev–Trinajstić information content (AvgIpc) is 2.30. The second-order valence-electron chi connectivity index (χ2n) is 4.15. The average molecular weight is 242 g/mol. The van der Waals surface area contributed by atoms with Gasteiger partial charge in [-0.25, -0.2) is 0 Å². The van der Waals surface area contributed by atoms with E-state index in [0.717, 1.165) is 25.2 Å². The lowest BCUT2D eigenvalue weighted by Crippen LogP contribution is -2.43. The van der Waals surface area contributed by atoms with Gasteiger partial charge in [0, 0.05) is 25.7 Å². The first-order valence-electron chi connectivity index (χ1n) is 5.62. The standard InChI is InChI=1S/C12H16F2N2O/c1-16-7-6-15-8-11(16)9-2-4-10(5-3-9)17-12(13)14/h2-5,11-12,15H,6-8H2,1H3. The maximum absolute atomic E-state index is 12.0. The van der Waals surface area contributed by atoms with Crippen LogP contribution in [0.3, 0.4) is 0 Å². The normalized spacial score (nSPS) is 21.8. The molecule has 1 N–H and O–H groups in total. The maximum atomic E-state index is 12.0. The molecule has 0 aliphatic carbocycles. The Kier molecular flexibility index (Phi) is 3.91. The van der Waals surface area contributed by atoms with Crippen LogP contribution < -0.4 is 10.1 Å². The second-order valence-corrected chi connectivity index (χ2v) is 4.15. The zero-order valence-electron chi connectivity index (χ0n) is 9.70. The van der Waals surface area contributed by atoms with Gasteiger partial charge < -0.3 is 10.1 Å². The molecule has 1 heterocycles. The van der Waals surface area contributed by atoms with Gasteiger partial charge in [0.15, 0.2) is 0 Å². The fraction of sp³-hybridized carbons (Fsp3) is 0.500. The van der Waals surface area contributed by atoms with E-state index in [1.165, 1.54) is 0 Å². The van der Waals surface area contributed by atoms with Gasteiger partial charge in [-0.1, -0.05) is 12.1 Å². The molecule has 0 amide bonds. The van der Waals surface area contributed by atoms with Crippen molar-refractivity contribution in [1.82, 2.24) is 10.2 Å². The number of rotatable bonds is 3.